The van der Waals surface area contributed by atoms with Crippen LogP contribution in [0.25, 0.3) is 5.57 Å². The van der Waals surface area contributed by atoms with Crippen molar-refractivity contribution in [3.63, 3.8) is 0 Å². The van der Waals surface area contributed by atoms with Crippen LogP contribution in [0.4, 0.5) is 5.69 Å². The first kappa shape index (κ1) is 21.2. The average Bonchev–Trinajstić information content (AvgIpc) is 2.88. The first-order valence-electron chi connectivity index (χ1n) is 9.71. The number of nitrogens with zero attached hydrogens (tertiary/aromatic N) is 1. The van der Waals surface area contributed by atoms with Crippen molar-refractivity contribution in [3.8, 4) is 0 Å². The van der Waals surface area contributed by atoms with E-state index in [1.807, 2.05) is 18.2 Å². The molecule has 3 rings (SSSR count). The molecule has 0 bridgehead atoms. The van der Waals surface area contributed by atoms with Crippen LogP contribution in [-0.4, -0.2) is 41.4 Å². The number of methoxy groups -OCH3 is 1. The molecule has 29 heavy (non-hydrogen) atoms. The van der Waals surface area contributed by atoms with Gasteiger partial charge in [-0.25, -0.2) is 0 Å². The van der Waals surface area contributed by atoms with Gasteiger partial charge in [-0.3, -0.25) is 14.9 Å². The summed E-state index contributed by atoms with van der Waals surface area (Å²) in [6, 6.07) is 5.14. The summed E-state index contributed by atoms with van der Waals surface area (Å²) in [5.41, 5.74) is 3.41. The molecule has 1 unspecified atom stereocenters. The molecule has 1 aromatic carbocycles. The molecule has 0 radical (unpaired) electrons. The van der Waals surface area contributed by atoms with Gasteiger partial charge in [-0.15, -0.1) is 0 Å². The van der Waals surface area contributed by atoms with Gasteiger partial charge in [-0.05, 0) is 41.8 Å². The summed E-state index contributed by atoms with van der Waals surface area (Å²) in [6.07, 6.45) is 3.61. The lowest BCUT2D eigenvalue weighted by atomic mass is 9.82. The lowest BCUT2D eigenvalue weighted by Crippen LogP contribution is -2.31. The fourth-order valence-corrected chi connectivity index (χ4v) is 4.26. The second-order valence-electron chi connectivity index (χ2n) is 8.28. The fourth-order valence-electron chi connectivity index (χ4n) is 4.26. The van der Waals surface area contributed by atoms with Gasteiger partial charge in [0.1, 0.15) is 6.10 Å². The van der Waals surface area contributed by atoms with Crippen molar-refractivity contribution >= 4 is 17.2 Å². The predicted octanol–water partition coefficient (Wildman–Crippen LogP) is 3.72. The third-order valence-electron chi connectivity index (χ3n) is 5.91. The summed E-state index contributed by atoms with van der Waals surface area (Å²) in [7, 11) is 1.68. The summed E-state index contributed by atoms with van der Waals surface area (Å²) in [5, 5.41) is 21.0. The number of aliphatic hydroxyl groups excluding tert-OH is 1. The molecule has 1 saturated heterocycles. The second kappa shape index (κ2) is 8.08. The van der Waals surface area contributed by atoms with E-state index in [-0.39, 0.29) is 28.6 Å². The molecule has 0 saturated carbocycles. The number of rotatable bonds is 5. The maximum atomic E-state index is 11.6. The standard InChI is InChI=1S/C22H27NO6/c1-13-9-14(5-8-19(13)23(26)27)17-12-20(28-4)22(2,3)18(17)7-6-16-10-15(24)11-21(25)29-16/h5-9,15-16,20,24H,10-12H2,1-4H3/b7-6+/t15-,16-,20?/m0/s1. The van der Waals surface area contributed by atoms with Crippen molar-refractivity contribution in [2.75, 3.05) is 7.11 Å². The highest BCUT2D eigenvalue weighted by atomic mass is 16.6. The van der Waals surface area contributed by atoms with E-state index in [0.717, 1.165) is 16.7 Å². The van der Waals surface area contributed by atoms with Gasteiger partial charge < -0.3 is 14.6 Å². The molecule has 3 atom stereocenters. The first-order valence-corrected chi connectivity index (χ1v) is 9.71. The van der Waals surface area contributed by atoms with E-state index in [4.69, 9.17) is 9.47 Å². The van der Waals surface area contributed by atoms with E-state index < -0.39 is 18.2 Å². The van der Waals surface area contributed by atoms with E-state index >= 15 is 0 Å². The molecule has 156 valence electrons. The Hall–Kier alpha value is -2.51. The van der Waals surface area contributed by atoms with Gasteiger partial charge in [0.2, 0.25) is 0 Å². The van der Waals surface area contributed by atoms with E-state index in [0.29, 0.717) is 18.4 Å². The number of hydrogen-bond donors (Lipinski definition) is 1. The highest BCUT2D eigenvalue weighted by Crippen LogP contribution is 2.49. The third-order valence-corrected chi connectivity index (χ3v) is 5.91. The lowest BCUT2D eigenvalue weighted by Gasteiger charge is -2.29. The number of benzene rings is 1. The number of nitro groups is 1. The predicted molar refractivity (Wildman–Crippen MR) is 108 cm³/mol. The number of aryl methyl sites for hydroxylation is 1. The Kier molecular flexibility index (Phi) is 5.91. The van der Waals surface area contributed by atoms with Crippen LogP contribution in [0.5, 0.6) is 0 Å². The number of nitro benzene ring substituents is 1. The minimum Gasteiger partial charge on any atom is -0.458 e. The van der Waals surface area contributed by atoms with Crippen molar-refractivity contribution in [3.05, 3.63) is 57.2 Å². The SMILES string of the molecule is COC1CC(c2ccc([N+](=O)[O-])c(C)c2)=C(/C=C/[C@H]2C[C@H](O)CC(=O)O2)C1(C)C. The van der Waals surface area contributed by atoms with Gasteiger partial charge in [-0.2, -0.15) is 0 Å². The van der Waals surface area contributed by atoms with Crippen LogP contribution in [0, 0.1) is 22.5 Å². The number of allylic oxidation sites excluding steroid dienone is 1. The number of ether oxygens (including phenoxy) is 2. The number of aliphatic hydroxyl groups is 1. The van der Waals surface area contributed by atoms with Crippen molar-refractivity contribution < 1.29 is 24.3 Å². The van der Waals surface area contributed by atoms with E-state index in [9.17, 15) is 20.0 Å². The minimum absolute atomic E-state index is 0.0254. The Morgan fingerprint density at radius 3 is 2.66 bits per heavy atom. The van der Waals surface area contributed by atoms with Crippen LogP contribution in [0.1, 0.15) is 44.2 Å². The molecule has 0 spiro atoms. The average molecular weight is 401 g/mol. The van der Waals surface area contributed by atoms with Crippen LogP contribution in [0.2, 0.25) is 0 Å². The van der Waals surface area contributed by atoms with Crippen molar-refractivity contribution in [2.45, 2.75) is 58.3 Å². The molecule has 7 heteroatoms. The van der Waals surface area contributed by atoms with Gasteiger partial charge in [0.15, 0.2) is 0 Å². The number of carbonyl (C=O) groups excluding carboxylic acids is 1. The Morgan fingerprint density at radius 1 is 1.34 bits per heavy atom. The Bertz CT molecular complexity index is 885. The molecule has 1 aliphatic carbocycles. The largest absolute Gasteiger partial charge is 0.458 e. The highest BCUT2D eigenvalue weighted by Gasteiger charge is 2.41. The molecule has 1 heterocycles. The monoisotopic (exact) mass is 401 g/mol. The topological polar surface area (TPSA) is 98.9 Å². The van der Waals surface area contributed by atoms with Crippen LogP contribution in [0.15, 0.2) is 35.9 Å². The van der Waals surface area contributed by atoms with Gasteiger partial charge in [-0.1, -0.05) is 19.9 Å². The third kappa shape index (κ3) is 4.26. The van der Waals surface area contributed by atoms with Gasteiger partial charge in [0, 0.05) is 37.0 Å². The van der Waals surface area contributed by atoms with Crippen molar-refractivity contribution in [1.82, 2.24) is 0 Å². The summed E-state index contributed by atoms with van der Waals surface area (Å²) < 4.78 is 11.0. The molecule has 1 aliphatic heterocycles. The summed E-state index contributed by atoms with van der Waals surface area (Å²) >= 11 is 0. The van der Waals surface area contributed by atoms with Gasteiger partial charge in [0.25, 0.3) is 5.69 Å². The molecule has 1 fully saturated rings. The zero-order valence-electron chi connectivity index (χ0n) is 17.2. The van der Waals surface area contributed by atoms with Crippen LogP contribution < -0.4 is 0 Å². The van der Waals surface area contributed by atoms with Gasteiger partial charge >= 0.3 is 5.97 Å². The Morgan fingerprint density at radius 2 is 2.07 bits per heavy atom. The Labute approximate surface area is 170 Å². The molecular weight excluding hydrogens is 374 g/mol. The Balaban J connectivity index is 2.00. The maximum Gasteiger partial charge on any atom is 0.309 e. The van der Waals surface area contributed by atoms with Gasteiger partial charge in [0.05, 0.1) is 23.6 Å². The summed E-state index contributed by atoms with van der Waals surface area (Å²) in [6.45, 7) is 5.91. The molecule has 2 aliphatic rings. The number of cyclic esters (lactones) is 1. The number of carbonyl (C=O) groups is 1. The van der Waals surface area contributed by atoms with E-state index in [1.54, 1.807) is 20.1 Å². The van der Waals surface area contributed by atoms with E-state index in [1.165, 1.54) is 6.07 Å². The van der Waals surface area contributed by atoms with Crippen LogP contribution in [-0.2, 0) is 14.3 Å². The van der Waals surface area contributed by atoms with Crippen LogP contribution in [0.3, 0.4) is 0 Å². The molecule has 1 aromatic rings. The quantitative estimate of drug-likeness (QED) is 0.459. The first-order chi connectivity index (χ1) is 13.6. The maximum absolute atomic E-state index is 11.6. The minimum atomic E-state index is -0.694. The molecule has 1 N–H and O–H groups in total. The molecule has 0 amide bonds. The zero-order valence-corrected chi connectivity index (χ0v) is 17.2. The zero-order chi connectivity index (χ0) is 21.3. The fraction of sp³-hybridized carbons (Fsp3) is 0.500. The lowest BCUT2D eigenvalue weighted by molar-refractivity contribution is -0.385. The number of hydrogen-bond acceptors (Lipinski definition) is 6. The molecule has 7 nitrogen and oxygen atoms in total. The number of esters is 1. The smallest absolute Gasteiger partial charge is 0.309 e. The summed E-state index contributed by atoms with van der Waals surface area (Å²) in [5.74, 6) is -0.404. The second-order valence-corrected chi connectivity index (χ2v) is 8.28. The summed E-state index contributed by atoms with van der Waals surface area (Å²) in [4.78, 5) is 22.4. The van der Waals surface area contributed by atoms with Crippen molar-refractivity contribution in [1.29, 1.82) is 0 Å². The van der Waals surface area contributed by atoms with Crippen molar-refractivity contribution in [2.24, 2.45) is 5.41 Å². The van der Waals surface area contributed by atoms with E-state index in [2.05, 4.69) is 13.8 Å². The normalized spacial score (nSPS) is 26.8. The van der Waals surface area contributed by atoms with Crippen LogP contribution >= 0.6 is 0 Å². The highest BCUT2D eigenvalue weighted by molar-refractivity contribution is 5.77. The molecule has 0 aromatic heterocycles. The molecular formula is C22H27NO6.